The van der Waals surface area contributed by atoms with Crippen LogP contribution in [0.25, 0.3) is 0 Å². The van der Waals surface area contributed by atoms with Gasteiger partial charge in [-0.1, -0.05) is 0 Å². The van der Waals surface area contributed by atoms with E-state index in [-0.39, 0.29) is 11.4 Å². The molecule has 1 aromatic heterocycles. The smallest absolute Gasteiger partial charge is 0.258 e. The van der Waals surface area contributed by atoms with E-state index in [2.05, 4.69) is 20.9 Å². The van der Waals surface area contributed by atoms with Crippen LogP contribution in [0.1, 0.15) is 18.5 Å². The molecule has 0 aliphatic heterocycles. The number of rotatable bonds is 2. The normalized spacial score (nSPS) is 11.8. The first kappa shape index (κ1) is 10.6. The Hall–Kier alpha value is -1.48. The van der Waals surface area contributed by atoms with Crippen molar-refractivity contribution in [1.29, 1.82) is 5.26 Å². The third kappa shape index (κ3) is 2.06. The van der Waals surface area contributed by atoms with Crippen molar-refractivity contribution in [3.05, 3.63) is 32.5 Å². The number of pyridine rings is 1. The topological polar surface area (TPSA) is 79.8 Å². The van der Waals surface area contributed by atoms with Crippen LogP contribution in [-0.2, 0) is 0 Å². The molecule has 0 aromatic carbocycles. The average molecular weight is 256 g/mol. The fourth-order valence-electron chi connectivity index (χ4n) is 0.980. The van der Waals surface area contributed by atoms with Crippen molar-refractivity contribution in [2.75, 3.05) is 0 Å². The average Bonchev–Trinajstić information content (AvgIpc) is 2.16. The predicted octanol–water partition coefficient (Wildman–Crippen LogP) is 2.38. The Balaban J connectivity index is 3.30. The summed E-state index contributed by atoms with van der Waals surface area (Å²) in [4.78, 5) is 13.9. The zero-order valence-corrected chi connectivity index (χ0v) is 8.85. The van der Waals surface area contributed by atoms with Crippen molar-refractivity contribution >= 4 is 21.6 Å². The van der Waals surface area contributed by atoms with Gasteiger partial charge in [-0.25, -0.2) is 0 Å². The Bertz CT molecular complexity index is 414. The highest BCUT2D eigenvalue weighted by Crippen LogP contribution is 2.26. The monoisotopic (exact) mass is 255 g/mol. The van der Waals surface area contributed by atoms with E-state index in [1.807, 2.05) is 6.07 Å². The zero-order chi connectivity index (χ0) is 10.7. The van der Waals surface area contributed by atoms with Crippen LogP contribution >= 0.6 is 15.9 Å². The van der Waals surface area contributed by atoms with Gasteiger partial charge in [-0.2, -0.15) is 5.26 Å². The third-order valence-corrected chi connectivity index (χ3v) is 2.10. The van der Waals surface area contributed by atoms with E-state index >= 15 is 0 Å². The van der Waals surface area contributed by atoms with Crippen LogP contribution < -0.4 is 0 Å². The Labute approximate surface area is 88.7 Å². The van der Waals surface area contributed by atoms with Gasteiger partial charge in [-0.05, 0) is 22.9 Å². The fraction of sp³-hybridized carbons (Fsp3) is 0.250. The van der Waals surface area contributed by atoms with Crippen LogP contribution in [0, 0.1) is 21.4 Å². The summed E-state index contributed by atoms with van der Waals surface area (Å²) in [7, 11) is 0. The van der Waals surface area contributed by atoms with E-state index < -0.39 is 10.8 Å². The molecule has 6 heteroatoms. The van der Waals surface area contributed by atoms with Crippen molar-refractivity contribution in [1.82, 2.24) is 4.98 Å². The van der Waals surface area contributed by atoms with E-state index in [0.717, 1.165) is 0 Å². The first-order valence-electron chi connectivity index (χ1n) is 3.75. The number of hydrogen-bond acceptors (Lipinski definition) is 4. The summed E-state index contributed by atoms with van der Waals surface area (Å²) >= 11 is 3.09. The van der Waals surface area contributed by atoms with Crippen molar-refractivity contribution in [3.8, 4) is 6.07 Å². The standard InChI is InChI=1S/C8H6BrN3O2/c1-5(3-10)8-7(12(13)14)2-6(9)4-11-8/h2,4-5H,1H3. The fourth-order valence-corrected chi connectivity index (χ4v) is 1.30. The predicted molar refractivity (Wildman–Crippen MR) is 52.6 cm³/mol. The molecule has 0 fully saturated rings. The second-order valence-electron chi connectivity index (χ2n) is 2.67. The van der Waals surface area contributed by atoms with Crippen molar-refractivity contribution in [3.63, 3.8) is 0 Å². The molecule has 72 valence electrons. The minimum Gasteiger partial charge on any atom is -0.258 e. The lowest BCUT2D eigenvalue weighted by Gasteiger charge is -2.02. The van der Waals surface area contributed by atoms with Gasteiger partial charge in [0.2, 0.25) is 0 Å². The molecule has 1 heterocycles. The third-order valence-electron chi connectivity index (χ3n) is 1.66. The highest BCUT2D eigenvalue weighted by molar-refractivity contribution is 9.10. The number of aromatic nitrogens is 1. The lowest BCUT2D eigenvalue weighted by Crippen LogP contribution is -2.01. The van der Waals surface area contributed by atoms with E-state index in [1.165, 1.54) is 12.3 Å². The van der Waals surface area contributed by atoms with Crippen molar-refractivity contribution < 1.29 is 4.92 Å². The van der Waals surface area contributed by atoms with Gasteiger partial charge in [0.05, 0.1) is 16.9 Å². The van der Waals surface area contributed by atoms with Crippen LogP contribution in [-0.4, -0.2) is 9.91 Å². The lowest BCUT2D eigenvalue weighted by atomic mass is 10.1. The van der Waals surface area contributed by atoms with Gasteiger partial charge < -0.3 is 0 Å². The number of hydrogen-bond donors (Lipinski definition) is 0. The molecule has 14 heavy (non-hydrogen) atoms. The van der Waals surface area contributed by atoms with E-state index in [4.69, 9.17) is 5.26 Å². The Morgan fingerprint density at radius 1 is 1.79 bits per heavy atom. The Morgan fingerprint density at radius 3 is 2.93 bits per heavy atom. The van der Waals surface area contributed by atoms with E-state index in [9.17, 15) is 10.1 Å². The summed E-state index contributed by atoms with van der Waals surface area (Å²) in [5.41, 5.74) is 0.0640. The number of halogens is 1. The SMILES string of the molecule is CC(C#N)c1ncc(Br)cc1[N+](=O)[O-]. The second kappa shape index (κ2) is 4.15. The molecule has 0 radical (unpaired) electrons. The first-order chi connectivity index (χ1) is 6.56. The van der Waals surface area contributed by atoms with Crippen molar-refractivity contribution in [2.24, 2.45) is 0 Å². The van der Waals surface area contributed by atoms with E-state index in [0.29, 0.717) is 4.47 Å². The largest absolute Gasteiger partial charge is 0.293 e. The molecular formula is C8H6BrN3O2. The van der Waals surface area contributed by atoms with Crippen LogP contribution in [0.5, 0.6) is 0 Å². The maximum absolute atomic E-state index is 10.6. The summed E-state index contributed by atoms with van der Waals surface area (Å²) in [6.45, 7) is 1.57. The molecule has 0 amide bonds. The highest BCUT2D eigenvalue weighted by Gasteiger charge is 2.20. The molecule has 5 nitrogen and oxygen atoms in total. The summed E-state index contributed by atoms with van der Waals surface area (Å²) in [5, 5.41) is 19.3. The minimum absolute atomic E-state index is 0.131. The van der Waals surface area contributed by atoms with Gasteiger partial charge in [0.1, 0.15) is 5.69 Å². The van der Waals surface area contributed by atoms with E-state index in [1.54, 1.807) is 6.92 Å². The molecule has 1 aromatic rings. The molecular weight excluding hydrogens is 250 g/mol. The second-order valence-corrected chi connectivity index (χ2v) is 3.58. The molecule has 0 aliphatic carbocycles. The lowest BCUT2D eigenvalue weighted by molar-refractivity contribution is -0.386. The molecule has 0 spiro atoms. The summed E-state index contributed by atoms with van der Waals surface area (Å²) in [6, 6.07) is 3.26. The molecule has 1 rings (SSSR count). The number of nitro groups is 1. The molecule has 0 saturated heterocycles. The van der Waals surface area contributed by atoms with Gasteiger partial charge in [-0.15, -0.1) is 0 Å². The Morgan fingerprint density at radius 2 is 2.43 bits per heavy atom. The summed E-state index contributed by atoms with van der Waals surface area (Å²) in [5.74, 6) is -0.580. The maximum Gasteiger partial charge on any atom is 0.293 e. The van der Waals surface area contributed by atoms with Gasteiger partial charge in [0.15, 0.2) is 0 Å². The zero-order valence-electron chi connectivity index (χ0n) is 7.27. The Kier molecular flexibility index (Phi) is 3.14. The van der Waals surface area contributed by atoms with Gasteiger partial charge in [0, 0.05) is 16.7 Å². The number of nitrogens with zero attached hydrogens (tertiary/aromatic N) is 3. The molecule has 0 aliphatic rings. The molecule has 1 unspecified atom stereocenters. The summed E-state index contributed by atoms with van der Waals surface area (Å²) in [6.07, 6.45) is 1.44. The number of nitriles is 1. The molecule has 0 N–H and O–H groups in total. The van der Waals surface area contributed by atoms with Gasteiger partial charge in [0.25, 0.3) is 5.69 Å². The maximum atomic E-state index is 10.6. The first-order valence-corrected chi connectivity index (χ1v) is 4.55. The van der Waals surface area contributed by atoms with Crippen LogP contribution in [0.2, 0.25) is 0 Å². The molecule has 0 bridgehead atoms. The van der Waals surface area contributed by atoms with Gasteiger partial charge >= 0.3 is 0 Å². The van der Waals surface area contributed by atoms with Crippen LogP contribution in [0.3, 0.4) is 0 Å². The van der Waals surface area contributed by atoms with Gasteiger partial charge in [-0.3, -0.25) is 15.1 Å². The quantitative estimate of drug-likeness (QED) is 0.600. The van der Waals surface area contributed by atoms with Crippen molar-refractivity contribution in [2.45, 2.75) is 12.8 Å². The van der Waals surface area contributed by atoms with Crippen LogP contribution in [0.15, 0.2) is 16.7 Å². The minimum atomic E-state index is -0.580. The highest BCUT2D eigenvalue weighted by atomic mass is 79.9. The molecule has 1 atom stereocenters. The van der Waals surface area contributed by atoms with Crippen LogP contribution in [0.4, 0.5) is 5.69 Å². The summed E-state index contributed by atoms with van der Waals surface area (Å²) < 4.78 is 0.526. The molecule has 0 saturated carbocycles.